The smallest absolute Gasteiger partial charge is 0.332 e. The Balaban J connectivity index is 1.71. The number of hydrogen-bond donors (Lipinski definition) is 0. The van der Waals surface area contributed by atoms with Crippen molar-refractivity contribution < 1.29 is 13.9 Å². The van der Waals surface area contributed by atoms with Crippen LogP contribution in [-0.4, -0.2) is 25.8 Å². The van der Waals surface area contributed by atoms with Gasteiger partial charge in [0, 0.05) is 14.1 Å². The molecule has 0 saturated heterocycles. The molecular formula is C22H21FN4O4. The number of aromatic nitrogens is 4. The molecule has 4 aromatic rings. The Bertz CT molecular complexity index is 1370. The molecule has 0 aliphatic heterocycles. The molecule has 0 aliphatic carbocycles. The van der Waals surface area contributed by atoms with Gasteiger partial charge in [0.15, 0.2) is 11.2 Å². The molecule has 0 N–H and O–H groups in total. The average Bonchev–Trinajstić information content (AvgIpc) is 3.11. The molecule has 0 radical (unpaired) electrons. The molecule has 2 heterocycles. The molecule has 2 aromatic carbocycles. The SMILES string of the molecule is COc1cccc(COc2nc3c(c(=O)n(Cc4ccc(F)cc4)c(=O)n3C)n2C)c1. The summed E-state index contributed by atoms with van der Waals surface area (Å²) in [6.45, 7) is 0.235. The molecule has 0 spiro atoms. The zero-order valence-corrected chi connectivity index (χ0v) is 17.3. The summed E-state index contributed by atoms with van der Waals surface area (Å²) < 4.78 is 28.1. The normalized spacial score (nSPS) is 11.1. The zero-order valence-electron chi connectivity index (χ0n) is 17.3. The first kappa shape index (κ1) is 20.4. The standard InChI is InChI=1S/C22H21FN4O4/c1-25-18-19(24-21(25)31-13-15-5-4-6-17(11-15)30-3)26(2)22(29)27(20(18)28)12-14-7-9-16(23)10-8-14/h4-11H,12-13H2,1-3H3. The van der Waals surface area contributed by atoms with E-state index in [2.05, 4.69) is 4.98 Å². The maximum atomic E-state index is 13.2. The fraction of sp³-hybridized carbons (Fsp3) is 0.227. The van der Waals surface area contributed by atoms with Crippen LogP contribution in [0.3, 0.4) is 0 Å². The van der Waals surface area contributed by atoms with Gasteiger partial charge in [-0.2, -0.15) is 4.98 Å². The summed E-state index contributed by atoms with van der Waals surface area (Å²) in [5.41, 5.74) is 0.969. The molecule has 2 aromatic heterocycles. The van der Waals surface area contributed by atoms with E-state index in [-0.39, 0.29) is 36.1 Å². The predicted molar refractivity (Wildman–Crippen MR) is 113 cm³/mol. The molecule has 160 valence electrons. The van der Waals surface area contributed by atoms with Crippen LogP contribution in [0, 0.1) is 5.82 Å². The van der Waals surface area contributed by atoms with Gasteiger partial charge in [0.2, 0.25) is 0 Å². The van der Waals surface area contributed by atoms with Crippen molar-refractivity contribution in [3.05, 3.63) is 86.3 Å². The lowest BCUT2D eigenvalue weighted by atomic mass is 10.2. The Morgan fingerprint density at radius 2 is 1.74 bits per heavy atom. The Hall–Kier alpha value is -3.88. The van der Waals surface area contributed by atoms with Crippen molar-refractivity contribution in [3.63, 3.8) is 0 Å². The number of halogens is 1. The van der Waals surface area contributed by atoms with Gasteiger partial charge in [-0.1, -0.05) is 24.3 Å². The van der Waals surface area contributed by atoms with Crippen molar-refractivity contribution >= 4 is 11.2 Å². The first-order valence-electron chi connectivity index (χ1n) is 9.55. The topological polar surface area (TPSA) is 80.3 Å². The fourth-order valence-electron chi connectivity index (χ4n) is 3.37. The molecule has 0 atom stereocenters. The quantitative estimate of drug-likeness (QED) is 0.474. The van der Waals surface area contributed by atoms with Crippen LogP contribution in [0.5, 0.6) is 11.8 Å². The van der Waals surface area contributed by atoms with Gasteiger partial charge in [-0.05, 0) is 35.4 Å². The minimum atomic E-state index is -0.515. The van der Waals surface area contributed by atoms with E-state index in [1.54, 1.807) is 21.2 Å². The number of nitrogens with zero attached hydrogens (tertiary/aromatic N) is 4. The van der Waals surface area contributed by atoms with E-state index in [0.29, 0.717) is 11.3 Å². The lowest BCUT2D eigenvalue weighted by molar-refractivity contribution is 0.272. The Kier molecular flexibility index (Phi) is 5.33. The van der Waals surface area contributed by atoms with E-state index >= 15 is 0 Å². The number of hydrogen-bond acceptors (Lipinski definition) is 5. The van der Waals surface area contributed by atoms with Crippen molar-refractivity contribution in [1.29, 1.82) is 0 Å². The minimum absolute atomic E-state index is 0.0207. The molecular weight excluding hydrogens is 403 g/mol. The van der Waals surface area contributed by atoms with Crippen LogP contribution in [0.1, 0.15) is 11.1 Å². The van der Waals surface area contributed by atoms with Crippen molar-refractivity contribution in [1.82, 2.24) is 18.7 Å². The highest BCUT2D eigenvalue weighted by Gasteiger charge is 2.19. The predicted octanol–water partition coefficient (Wildman–Crippen LogP) is 2.21. The van der Waals surface area contributed by atoms with Crippen LogP contribution >= 0.6 is 0 Å². The number of imidazole rings is 1. The number of benzene rings is 2. The van der Waals surface area contributed by atoms with Gasteiger partial charge in [-0.25, -0.2) is 9.18 Å². The molecule has 4 rings (SSSR count). The van der Waals surface area contributed by atoms with Crippen molar-refractivity contribution in [2.45, 2.75) is 13.2 Å². The summed E-state index contributed by atoms with van der Waals surface area (Å²) >= 11 is 0. The second-order valence-electron chi connectivity index (χ2n) is 7.13. The molecule has 0 unspecified atom stereocenters. The molecule has 0 bridgehead atoms. The Morgan fingerprint density at radius 3 is 2.45 bits per heavy atom. The summed E-state index contributed by atoms with van der Waals surface area (Å²) in [4.78, 5) is 30.3. The van der Waals surface area contributed by atoms with E-state index < -0.39 is 11.2 Å². The molecule has 0 amide bonds. The maximum absolute atomic E-state index is 13.2. The third kappa shape index (κ3) is 3.81. The van der Waals surface area contributed by atoms with Crippen molar-refractivity contribution in [3.8, 4) is 11.8 Å². The van der Waals surface area contributed by atoms with Crippen LogP contribution in [0.2, 0.25) is 0 Å². The number of ether oxygens (including phenoxy) is 2. The van der Waals surface area contributed by atoms with Gasteiger partial charge >= 0.3 is 5.69 Å². The number of fused-ring (bicyclic) bond motifs is 1. The molecule has 0 aliphatic rings. The number of aryl methyl sites for hydroxylation is 2. The number of methoxy groups -OCH3 is 1. The lowest BCUT2D eigenvalue weighted by Crippen LogP contribution is -2.39. The van der Waals surface area contributed by atoms with E-state index in [1.807, 2.05) is 24.3 Å². The minimum Gasteiger partial charge on any atom is -0.497 e. The van der Waals surface area contributed by atoms with Gasteiger partial charge in [0.05, 0.1) is 13.7 Å². The Labute approximate surface area is 176 Å². The van der Waals surface area contributed by atoms with Gasteiger partial charge in [0.1, 0.15) is 18.2 Å². The fourth-order valence-corrected chi connectivity index (χ4v) is 3.37. The van der Waals surface area contributed by atoms with Crippen LogP contribution in [0.4, 0.5) is 4.39 Å². The molecule has 9 heteroatoms. The molecule has 0 saturated carbocycles. The van der Waals surface area contributed by atoms with E-state index in [0.717, 1.165) is 10.1 Å². The molecule has 0 fully saturated rings. The van der Waals surface area contributed by atoms with E-state index in [4.69, 9.17) is 9.47 Å². The summed E-state index contributed by atoms with van der Waals surface area (Å²) in [7, 11) is 4.79. The molecule has 31 heavy (non-hydrogen) atoms. The summed E-state index contributed by atoms with van der Waals surface area (Å²) in [6, 6.07) is 13.3. The first-order chi connectivity index (χ1) is 14.9. The van der Waals surface area contributed by atoms with Gasteiger partial charge < -0.3 is 9.47 Å². The third-order valence-electron chi connectivity index (χ3n) is 5.07. The highest BCUT2D eigenvalue weighted by atomic mass is 19.1. The van der Waals surface area contributed by atoms with Gasteiger partial charge in [-0.15, -0.1) is 0 Å². The second-order valence-corrected chi connectivity index (χ2v) is 7.13. The average molecular weight is 424 g/mol. The van der Waals surface area contributed by atoms with Crippen LogP contribution in [0.15, 0.2) is 58.1 Å². The summed E-state index contributed by atoms with van der Waals surface area (Å²) in [6.07, 6.45) is 0. The summed E-state index contributed by atoms with van der Waals surface area (Å²) in [5, 5.41) is 0. The van der Waals surface area contributed by atoms with Crippen LogP contribution < -0.4 is 20.7 Å². The van der Waals surface area contributed by atoms with Gasteiger partial charge in [-0.3, -0.25) is 18.5 Å². The van der Waals surface area contributed by atoms with E-state index in [1.165, 1.54) is 33.4 Å². The first-order valence-corrected chi connectivity index (χ1v) is 9.55. The largest absolute Gasteiger partial charge is 0.497 e. The van der Waals surface area contributed by atoms with Crippen LogP contribution in [0.25, 0.3) is 11.2 Å². The zero-order chi connectivity index (χ0) is 22.1. The summed E-state index contributed by atoms with van der Waals surface area (Å²) in [5.74, 6) is 0.320. The number of rotatable bonds is 6. The van der Waals surface area contributed by atoms with Crippen LogP contribution in [-0.2, 0) is 27.2 Å². The highest BCUT2D eigenvalue weighted by Crippen LogP contribution is 2.19. The third-order valence-corrected chi connectivity index (χ3v) is 5.07. The Morgan fingerprint density at radius 1 is 1.00 bits per heavy atom. The van der Waals surface area contributed by atoms with Gasteiger partial charge in [0.25, 0.3) is 11.6 Å². The lowest BCUT2D eigenvalue weighted by Gasteiger charge is -2.09. The monoisotopic (exact) mass is 424 g/mol. The van der Waals surface area contributed by atoms with Crippen molar-refractivity contribution in [2.75, 3.05) is 7.11 Å². The van der Waals surface area contributed by atoms with E-state index in [9.17, 15) is 14.0 Å². The van der Waals surface area contributed by atoms with Crippen molar-refractivity contribution in [2.24, 2.45) is 14.1 Å². The second kappa shape index (κ2) is 8.10. The maximum Gasteiger partial charge on any atom is 0.332 e. The molecule has 8 nitrogen and oxygen atoms in total. The highest BCUT2D eigenvalue weighted by molar-refractivity contribution is 5.71.